The number of nitrogens with zero attached hydrogens (tertiary/aromatic N) is 4. The van der Waals surface area contributed by atoms with E-state index in [1.54, 1.807) is 36.2 Å². The average molecular weight is 328 g/mol. The van der Waals surface area contributed by atoms with Crippen molar-refractivity contribution in [3.05, 3.63) is 42.2 Å². The molecule has 3 rings (SSSR count). The van der Waals surface area contributed by atoms with Crippen LogP contribution in [0.25, 0.3) is 0 Å². The quantitative estimate of drug-likeness (QED) is 0.852. The number of amides is 2. The molecule has 0 radical (unpaired) electrons. The normalized spacial score (nSPS) is 18.0. The predicted molar refractivity (Wildman–Crippen MR) is 89.1 cm³/mol. The molecule has 1 atom stereocenters. The predicted octanol–water partition coefficient (Wildman–Crippen LogP) is 1.31. The van der Waals surface area contributed by atoms with Gasteiger partial charge in [0.15, 0.2) is 0 Å². The largest absolute Gasteiger partial charge is 0.497 e. The molecule has 7 heteroatoms. The minimum absolute atomic E-state index is 0.0472. The monoisotopic (exact) mass is 328 g/mol. The topological polar surface area (TPSA) is 67.7 Å². The first kappa shape index (κ1) is 16.0. The van der Waals surface area contributed by atoms with Crippen molar-refractivity contribution in [2.24, 2.45) is 7.05 Å². The molecule has 0 aliphatic carbocycles. The lowest BCUT2D eigenvalue weighted by Crippen LogP contribution is -2.57. The van der Waals surface area contributed by atoms with E-state index in [0.717, 1.165) is 5.69 Å². The number of hydrogen-bond donors (Lipinski definition) is 0. The van der Waals surface area contributed by atoms with E-state index in [-0.39, 0.29) is 24.4 Å². The van der Waals surface area contributed by atoms with Crippen molar-refractivity contribution in [1.82, 2.24) is 14.7 Å². The number of ether oxygens (including phenoxy) is 1. The molecule has 7 nitrogen and oxygen atoms in total. The minimum Gasteiger partial charge on any atom is -0.497 e. The summed E-state index contributed by atoms with van der Waals surface area (Å²) in [5.74, 6) is 0.402. The Morgan fingerprint density at radius 3 is 2.75 bits per heavy atom. The van der Waals surface area contributed by atoms with Crippen LogP contribution in [0.15, 0.2) is 36.5 Å². The molecule has 1 fully saturated rings. The third-order valence-corrected chi connectivity index (χ3v) is 4.18. The Balaban J connectivity index is 1.81. The molecule has 0 spiro atoms. The Labute approximate surface area is 140 Å². The van der Waals surface area contributed by atoms with Crippen molar-refractivity contribution in [2.75, 3.05) is 25.1 Å². The first-order chi connectivity index (χ1) is 11.5. The average Bonchev–Trinajstić information content (AvgIpc) is 2.99. The number of methoxy groups -OCH3 is 1. The zero-order chi connectivity index (χ0) is 17.3. The number of benzene rings is 1. The number of hydrogen-bond acceptors (Lipinski definition) is 4. The summed E-state index contributed by atoms with van der Waals surface area (Å²) in [6.45, 7) is 2.44. The van der Waals surface area contributed by atoms with Gasteiger partial charge in [0.1, 0.15) is 18.0 Å². The van der Waals surface area contributed by atoms with E-state index in [4.69, 9.17) is 4.74 Å². The first-order valence-electron chi connectivity index (χ1n) is 7.74. The summed E-state index contributed by atoms with van der Waals surface area (Å²) in [5, 5.41) is 4.01. The van der Waals surface area contributed by atoms with Gasteiger partial charge in [0, 0.05) is 31.5 Å². The van der Waals surface area contributed by atoms with E-state index >= 15 is 0 Å². The van der Waals surface area contributed by atoms with E-state index in [0.29, 0.717) is 18.0 Å². The van der Waals surface area contributed by atoms with Crippen LogP contribution in [0, 0.1) is 0 Å². The van der Waals surface area contributed by atoms with Gasteiger partial charge in [-0.15, -0.1) is 0 Å². The molecule has 1 aliphatic heterocycles. The fourth-order valence-electron chi connectivity index (χ4n) is 3.01. The zero-order valence-corrected chi connectivity index (χ0v) is 14.0. The molecule has 1 aromatic heterocycles. The van der Waals surface area contributed by atoms with Gasteiger partial charge in [0.2, 0.25) is 5.91 Å². The highest BCUT2D eigenvalue weighted by Crippen LogP contribution is 2.26. The SMILES string of the molecule is COc1cccc(N2C(=O)CN(C(=O)c3ccnn3C)CC2C)c1. The second-order valence-electron chi connectivity index (χ2n) is 5.84. The van der Waals surface area contributed by atoms with E-state index in [9.17, 15) is 9.59 Å². The van der Waals surface area contributed by atoms with Crippen molar-refractivity contribution >= 4 is 17.5 Å². The standard InChI is InChI=1S/C17H20N4O3/c1-12-10-20(17(23)15-7-8-18-19(15)2)11-16(22)21(12)13-5-4-6-14(9-13)24-3/h4-9,12H,10-11H2,1-3H3. The molecule has 1 unspecified atom stereocenters. The van der Waals surface area contributed by atoms with Gasteiger partial charge in [-0.05, 0) is 25.1 Å². The van der Waals surface area contributed by atoms with Crippen LogP contribution < -0.4 is 9.64 Å². The number of piperazine rings is 1. The molecule has 126 valence electrons. The number of rotatable bonds is 3. The van der Waals surface area contributed by atoms with Crippen molar-refractivity contribution in [3.8, 4) is 5.75 Å². The summed E-state index contributed by atoms with van der Waals surface area (Å²) in [7, 11) is 3.31. The third-order valence-electron chi connectivity index (χ3n) is 4.18. The Morgan fingerprint density at radius 2 is 2.12 bits per heavy atom. The molecule has 0 bridgehead atoms. The van der Waals surface area contributed by atoms with Gasteiger partial charge in [-0.25, -0.2) is 0 Å². The molecular weight excluding hydrogens is 308 g/mol. The maximum Gasteiger partial charge on any atom is 0.272 e. The Hall–Kier alpha value is -2.83. The Bertz CT molecular complexity index is 771. The van der Waals surface area contributed by atoms with Crippen LogP contribution in [0.1, 0.15) is 17.4 Å². The van der Waals surface area contributed by atoms with Crippen LogP contribution in [0.4, 0.5) is 5.69 Å². The van der Waals surface area contributed by atoms with Crippen LogP contribution >= 0.6 is 0 Å². The van der Waals surface area contributed by atoms with Crippen LogP contribution in [-0.2, 0) is 11.8 Å². The lowest BCUT2D eigenvalue weighted by Gasteiger charge is -2.39. The van der Waals surface area contributed by atoms with Crippen LogP contribution in [0.5, 0.6) is 5.75 Å². The highest BCUT2D eigenvalue weighted by Gasteiger charge is 2.34. The molecule has 2 heterocycles. The lowest BCUT2D eigenvalue weighted by molar-refractivity contribution is -0.121. The smallest absolute Gasteiger partial charge is 0.272 e. The molecular formula is C17H20N4O3. The molecule has 0 N–H and O–H groups in total. The van der Waals surface area contributed by atoms with E-state index in [1.807, 2.05) is 31.2 Å². The van der Waals surface area contributed by atoms with Gasteiger partial charge in [-0.1, -0.05) is 6.07 Å². The summed E-state index contributed by atoms with van der Waals surface area (Å²) in [4.78, 5) is 28.5. The van der Waals surface area contributed by atoms with Crippen molar-refractivity contribution in [1.29, 1.82) is 0 Å². The maximum atomic E-state index is 12.6. The number of anilines is 1. The first-order valence-corrected chi connectivity index (χ1v) is 7.74. The zero-order valence-electron chi connectivity index (χ0n) is 14.0. The molecule has 24 heavy (non-hydrogen) atoms. The lowest BCUT2D eigenvalue weighted by atomic mass is 10.1. The highest BCUT2D eigenvalue weighted by atomic mass is 16.5. The van der Waals surface area contributed by atoms with Crippen LogP contribution in [0.3, 0.4) is 0 Å². The summed E-state index contributed by atoms with van der Waals surface area (Å²) < 4.78 is 6.75. The second-order valence-corrected chi connectivity index (χ2v) is 5.84. The van der Waals surface area contributed by atoms with E-state index in [2.05, 4.69) is 5.10 Å². The van der Waals surface area contributed by atoms with E-state index in [1.165, 1.54) is 4.68 Å². The number of carbonyl (C=O) groups excluding carboxylic acids is 2. The van der Waals surface area contributed by atoms with Crippen molar-refractivity contribution in [3.63, 3.8) is 0 Å². The highest BCUT2D eigenvalue weighted by molar-refractivity contribution is 6.01. The van der Waals surface area contributed by atoms with Gasteiger partial charge in [0.25, 0.3) is 5.91 Å². The fourth-order valence-corrected chi connectivity index (χ4v) is 3.01. The summed E-state index contributed by atoms with van der Waals surface area (Å²) in [6.07, 6.45) is 1.57. The maximum absolute atomic E-state index is 12.6. The summed E-state index contributed by atoms with van der Waals surface area (Å²) in [5.41, 5.74) is 1.25. The van der Waals surface area contributed by atoms with Gasteiger partial charge >= 0.3 is 0 Å². The number of carbonyl (C=O) groups is 2. The molecule has 2 aromatic rings. The molecule has 2 amide bonds. The molecule has 0 saturated carbocycles. The Kier molecular flexibility index (Phi) is 4.24. The minimum atomic E-state index is -0.180. The second kappa shape index (κ2) is 6.35. The van der Waals surface area contributed by atoms with Crippen LogP contribution in [0.2, 0.25) is 0 Å². The summed E-state index contributed by atoms with van der Waals surface area (Å²) in [6, 6.07) is 8.91. The fraction of sp³-hybridized carbons (Fsp3) is 0.353. The Morgan fingerprint density at radius 1 is 1.33 bits per heavy atom. The molecule has 1 saturated heterocycles. The van der Waals surface area contributed by atoms with Gasteiger partial charge in [-0.2, -0.15) is 5.10 Å². The van der Waals surface area contributed by atoms with Crippen molar-refractivity contribution in [2.45, 2.75) is 13.0 Å². The number of aryl methyl sites for hydroxylation is 1. The third kappa shape index (κ3) is 2.84. The van der Waals surface area contributed by atoms with Gasteiger partial charge in [0.05, 0.1) is 13.2 Å². The van der Waals surface area contributed by atoms with Gasteiger partial charge in [-0.3, -0.25) is 14.3 Å². The number of aromatic nitrogens is 2. The van der Waals surface area contributed by atoms with Crippen LogP contribution in [-0.4, -0.2) is 52.7 Å². The molecule has 1 aromatic carbocycles. The molecule has 1 aliphatic rings. The van der Waals surface area contributed by atoms with Gasteiger partial charge < -0.3 is 14.5 Å². The van der Waals surface area contributed by atoms with Crippen molar-refractivity contribution < 1.29 is 14.3 Å². The van der Waals surface area contributed by atoms with E-state index < -0.39 is 0 Å². The summed E-state index contributed by atoms with van der Waals surface area (Å²) >= 11 is 0.